The second-order valence-corrected chi connectivity index (χ2v) is 6.23. The highest BCUT2D eigenvalue weighted by atomic mass is 35.5. The largest absolute Gasteiger partial charge is 0.460 e. The Labute approximate surface area is 155 Å². The monoisotopic (exact) mass is 375 g/mol. The van der Waals surface area contributed by atoms with E-state index in [1.54, 1.807) is 38.1 Å². The van der Waals surface area contributed by atoms with Gasteiger partial charge in [-0.2, -0.15) is 0 Å². The first-order valence-electron chi connectivity index (χ1n) is 8.35. The molecule has 136 valence electrons. The Morgan fingerprint density at radius 1 is 1.23 bits per heavy atom. The van der Waals surface area contributed by atoms with Gasteiger partial charge >= 0.3 is 11.9 Å². The maximum atomic E-state index is 12.2. The number of aryl methyl sites for hydroxylation is 1. The number of fused-ring (bicyclic) bond motifs is 1. The first kappa shape index (κ1) is 18.2. The fraction of sp³-hybridized carbons (Fsp3) is 0.316. The highest BCUT2D eigenvalue weighted by molar-refractivity contribution is 6.33. The van der Waals surface area contributed by atoms with E-state index in [1.807, 2.05) is 0 Å². The number of rotatable bonds is 4. The number of carbonyl (C=O) groups is 2. The molecule has 7 heteroatoms. The second-order valence-electron chi connectivity index (χ2n) is 5.82. The molecule has 3 rings (SSSR count). The van der Waals surface area contributed by atoms with Crippen molar-refractivity contribution in [3.63, 3.8) is 0 Å². The molecule has 2 aromatic rings. The number of carbonyl (C=O) groups excluding carboxylic acids is 2. The van der Waals surface area contributed by atoms with Crippen LogP contribution in [0.1, 0.15) is 57.6 Å². The van der Waals surface area contributed by atoms with E-state index in [0.29, 0.717) is 40.5 Å². The lowest BCUT2D eigenvalue weighted by Gasteiger charge is -2.12. The van der Waals surface area contributed by atoms with Crippen LogP contribution in [0.15, 0.2) is 33.8 Å². The van der Waals surface area contributed by atoms with Crippen LogP contribution in [0.5, 0.6) is 0 Å². The number of oxime groups is 1. The Kier molecular flexibility index (Phi) is 5.42. The molecule has 0 fully saturated rings. The van der Waals surface area contributed by atoms with Crippen LogP contribution in [0, 0.1) is 6.92 Å². The molecule has 6 nitrogen and oxygen atoms in total. The number of halogens is 1. The van der Waals surface area contributed by atoms with Crippen molar-refractivity contribution in [2.24, 2.45) is 5.16 Å². The molecule has 26 heavy (non-hydrogen) atoms. The summed E-state index contributed by atoms with van der Waals surface area (Å²) in [6.07, 6.45) is 2.09. The minimum Gasteiger partial charge on any atom is -0.460 e. The quantitative estimate of drug-likeness (QED) is 0.452. The zero-order valence-electron chi connectivity index (χ0n) is 14.5. The predicted octanol–water partition coefficient (Wildman–Crippen LogP) is 4.32. The molecule has 0 aliphatic heterocycles. The maximum Gasteiger partial charge on any atom is 0.374 e. The van der Waals surface area contributed by atoms with Crippen LogP contribution in [0.2, 0.25) is 5.02 Å². The van der Waals surface area contributed by atoms with Gasteiger partial charge in [-0.3, -0.25) is 0 Å². The van der Waals surface area contributed by atoms with Gasteiger partial charge in [0.25, 0.3) is 0 Å². The van der Waals surface area contributed by atoms with Crippen molar-refractivity contribution in [3.05, 3.63) is 57.5 Å². The van der Waals surface area contributed by atoms with E-state index in [4.69, 9.17) is 25.6 Å². The summed E-state index contributed by atoms with van der Waals surface area (Å²) < 4.78 is 10.7. The van der Waals surface area contributed by atoms with E-state index in [1.165, 1.54) is 0 Å². The van der Waals surface area contributed by atoms with Crippen LogP contribution < -0.4 is 0 Å². The molecular formula is C19H18ClNO5. The summed E-state index contributed by atoms with van der Waals surface area (Å²) in [5, 5.41) is 4.32. The van der Waals surface area contributed by atoms with Gasteiger partial charge in [0.05, 0.1) is 22.9 Å². The van der Waals surface area contributed by atoms with Crippen molar-refractivity contribution in [1.29, 1.82) is 0 Å². The summed E-state index contributed by atoms with van der Waals surface area (Å²) >= 11 is 6.00. The summed E-state index contributed by atoms with van der Waals surface area (Å²) in [7, 11) is 0. The van der Waals surface area contributed by atoms with E-state index < -0.39 is 11.9 Å². The first-order chi connectivity index (χ1) is 12.5. The number of esters is 1. The van der Waals surface area contributed by atoms with Gasteiger partial charge in [0.1, 0.15) is 5.76 Å². The fourth-order valence-corrected chi connectivity index (χ4v) is 3.14. The summed E-state index contributed by atoms with van der Waals surface area (Å²) in [6.45, 7) is 3.77. The zero-order chi connectivity index (χ0) is 18.7. The minimum absolute atomic E-state index is 0.170. The normalized spacial score (nSPS) is 14.8. The molecule has 0 amide bonds. The van der Waals surface area contributed by atoms with Gasteiger partial charge in [-0.05, 0) is 38.8 Å². The number of ether oxygens (including phenoxy) is 1. The first-order valence-corrected chi connectivity index (χ1v) is 8.73. The summed E-state index contributed by atoms with van der Waals surface area (Å²) in [5.41, 5.74) is 2.17. The third-order valence-corrected chi connectivity index (χ3v) is 4.45. The molecule has 0 saturated heterocycles. The smallest absolute Gasteiger partial charge is 0.374 e. The standard InChI is InChI=1S/C19H18ClNO5/c1-3-24-19(23)17-11(2)16-14(9-6-10-15(16)25-17)21-26-18(22)12-7-4-5-8-13(12)20/h4-5,7-8H,3,6,9-10H2,1-2H3. The number of benzene rings is 1. The lowest BCUT2D eigenvalue weighted by atomic mass is 9.93. The summed E-state index contributed by atoms with van der Waals surface area (Å²) in [4.78, 5) is 29.3. The number of furan rings is 1. The van der Waals surface area contributed by atoms with Gasteiger partial charge < -0.3 is 14.0 Å². The highest BCUT2D eigenvalue weighted by Crippen LogP contribution is 2.30. The van der Waals surface area contributed by atoms with E-state index >= 15 is 0 Å². The van der Waals surface area contributed by atoms with E-state index in [2.05, 4.69) is 5.16 Å². The van der Waals surface area contributed by atoms with Gasteiger partial charge in [-0.25, -0.2) is 9.59 Å². The summed E-state index contributed by atoms with van der Waals surface area (Å²) in [5.74, 6) is -0.318. The van der Waals surface area contributed by atoms with E-state index in [9.17, 15) is 9.59 Å². The van der Waals surface area contributed by atoms with E-state index in [-0.39, 0.29) is 17.9 Å². The minimum atomic E-state index is -0.637. The third kappa shape index (κ3) is 3.51. The lowest BCUT2D eigenvalue weighted by molar-refractivity contribution is 0.0485. The van der Waals surface area contributed by atoms with Crippen LogP contribution in [0.4, 0.5) is 0 Å². The molecular weight excluding hydrogens is 358 g/mol. The molecule has 1 aromatic carbocycles. The van der Waals surface area contributed by atoms with Crippen molar-refractivity contribution < 1.29 is 23.6 Å². The van der Waals surface area contributed by atoms with Crippen LogP contribution in [0.25, 0.3) is 0 Å². The van der Waals surface area contributed by atoms with Gasteiger partial charge in [-0.1, -0.05) is 28.9 Å². The van der Waals surface area contributed by atoms with E-state index in [0.717, 1.165) is 6.42 Å². The molecule has 1 aliphatic rings. The second kappa shape index (κ2) is 7.74. The Morgan fingerprint density at radius 3 is 2.73 bits per heavy atom. The topological polar surface area (TPSA) is 78.1 Å². The Balaban J connectivity index is 1.87. The average molecular weight is 376 g/mol. The molecule has 1 aromatic heterocycles. The molecule has 1 heterocycles. The Morgan fingerprint density at radius 2 is 2.00 bits per heavy atom. The summed E-state index contributed by atoms with van der Waals surface area (Å²) in [6, 6.07) is 6.60. The number of hydrogen-bond donors (Lipinski definition) is 0. The van der Waals surface area contributed by atoms with Crippen LogP contribution >= 0.6 is 11.6 Å². The lowest BCUT2D eigenvalue weighted by Crippen LogP contribution is -2.13. The van der Waals surface area contributed by atoms with Crippen molar-refractivity contribution >= 4 is 29.3 Å². The highest BCUT2D eigenvalue weighted by Gasteiger charge is 2.29. The molecule has 0 bridgehead atoms. The maximum absolute atomic E-state index is 12.2. The van der Waals surface area contributed by atoms with Crippen molar-refractivity contribution in [1.82, 2.24) is 0 Å². The molecule has 0 radical (unpaired) electrons. The molecule has 0 unspecified atom stereocenters. The molecule has 0 N–H and O–H groups in total. The number of nitrogens with zero attached hydrogens (tertiary/aromatic N) is 1. The number of hydrogen-bond acceptors (Lipinski definition) is 6. The molecule has 0 atom stereocenters. The molecule has 0 spiro atoms. The van der Waals surface area contributed by atoms with Gasteiger partial charge in [0.15, 0.2) is 0 Å². The zero-order valence-corrected chi connectivity index (χ0v) is 15.3. The molecule has 1 aliphatic carbocycles. The van der Waals surface area contributed by atoms with Crippen molar-refractivity contribution in [2.75, 3.05) is 6.61 Å². The van der Waals surface area contributed by atoms with Crippen LogP contribution in [0.3, 0.4) is 0 Å². The predicted molar refractivity (Wildman–Crippen MR) is 95.7 cm³/mol. The fourth-order valence-electron chi connectivity index (χ4n) is 2.92. The van der Waals surface area contributed by atoms with Crippen LogP contribution in [-0.4, -0.2) is 24.3 Å². The molecule has 0 saturated carbocycles. The Bertz CT molecular complexity index is 884. The third-order valence-electron chi connectivity index (χ3n) is 4.12. The van der Waals surface area contributed by atoms with Gasteiger partial charge in [-0.15, -0.1) is 0 Å². The van der Waals surface area contributed by atoms with Gasteiger partial charge in [0.2, 0.25) is 5.76 Å². The average Bonchev–Trinajstić information content (AvgIpc) is 2.98. The van der Waals surface area contributed by atoms with Crippen molar-refractivity contribution in [2.45, 2.75) is 33.1 Å². The van der Waals surface area contributed by atoms with Crippen molar-refractivity contribution in [3.8, 4) is 0 Å². The van der Waals surface area contributed by atoms with Crippen LogP contribution in [-0.2, 0) is 16.0 Å². The van der Waals surface area contributed by atoms with Gasteiger partial charge in [0, 0.05) is 17.5 Å². The SMILES string of the molecule is CCOC(=O)c1oc2c(c1C)C(=NOC(=O)c1ccccc1Cl)CCC2. The Hall–Kier alpha value is -2.60.